The lowest BCUT2D eigenvalue weighted by molar-refractivity contribution is 0.330. The van der Waals surface area contributed by atoms with Crippen LogP contribution in [0.1, 0.15) is 38.3 Å². The summed E-state index contributed by atoms with van der Waals surface area (Å²) in [6, 6.07) is 8.68. The highest BCUT2D eigenvalue weighted by molar-refractivity contribution is 7.13. The number of nitrogens with zero attached hydrogens (tertiary/aromatic N) is 1. The van der Waals surface area contributed by atoms with E-state index in [1.807, 2.05) is 0 Å². The minimum absolute atomic E-state index is 0.982. The van der Waals surface area contributed by atoms with Crippen LogP contribution in [0.4, 0.5) is 0 Å². The maximum atomic E-state index is 4.69. The van der Waals surface area contributed by atoms with E-state index in [-0.39, 0.29) is 0 Å². The molecule has 19 heavy (non-hydrogen) atoms. The Bertz CT molecular complexity index is 588. The topological polar surface area (TPSA) is 12.9 Å². The molecule has 1 heterocycles. The lowest BCUT2D eigenvalue weighted by Gasteiger charge is -2.17. The monoisotopic (exact) mass is 271 g/mol. The molecule has 0 N–H and O–H groups in total. The Morgan fingerprint density at radius 1 is 1.26 bits per heavy atom. The van der Waals surface area contributed by atoms with Crippen molar-refractivity contribution in [2.24, 2.45) is 23.7 Å². The van der Waals surface area contributed by atoms with Crippen LogP contribution >= 0.6 is 11.5 Å². The van der Waals surface area contributed by atoms with E-state index in [0.717, 1.165) is 23.7 Å². The zero-order chi connectivity index (χ0) is 12.8. The predicted molar refractivity (Wildman–Crippen MR) is 81.4 cm³/mol. The van der Waals surface area contributed by atoms with Crippen molar-refractivity contribution in [3.05, 3.63) is 30.0 Å². The van der Waals surface area contributed by atoms with E-state index >= 15 is 0 Å². The molecule has 2 aliphatic carbocycles. The van der Waals surface area contributed by atoms with Crippen LogP contribution in [0.5, 0.6) is 0 Å². The van der Waals surface area contributed by atoms with Crippen molar-refractivity contribution in [2.75, 3.05) is 0 Å². The van der Waals surface area contributed by atoms with Gasteiger partial charge in [-0.15, -0.1) is 0 Å². The van der Waals surface area contributed by atoms with Crippen LogP contribution in [-0.2, 0) is 6.42 Å². The average molecular weight is 271 g/mol. The number of rotatable bonds is 3. The van der Waals surface area contributed by atoms with Crippen molar-refractivity contribution in [1.82, 2.24) is 4.37 Å². The van der Waals surface area contributed by atoms with E-state index in [4.69, 9.17) is 0 Å². The van der Waals surface area contributed by atoms with Crippen LogP contribution in [0.25, 0.3) is 10.1 Å². The molecule has 4 rings (SSSR count). The Balaban J connectivity index is 1.51. The number of hydrogen-bond donors (Lipinski definition) is 0. The normalized spacial score (nSPS) is 33.3. The summed E-state index contributed by atoms with van der Waals surface area (Å²) in [5.74, 6) is 4.03. The van der Waals surface area contributed by atoms with Gasteiger partial charge in [-0.3, -0.25) is 0 Å². The minimum Gasteiger partial charge on any atom is -0.196 e. The first-order chi connectivity index (χ1) is 9.33. The second kappa shape index (κ2) is 4.59. The van der Waals surface area contributed by atoms with Crippen molar-refractivity contribution in [3.8, 4) is 0 Å². The number of aryl methyl sites for hydroxylation is 1. The summed E-state index contributed by atoms with van der Waals surface area (Å²) in [4.78, 5) is 0. The van der Waals surface area contributed by atoms with Gasteiger partial charge in [-0.05, 0) is 73.4 Å². The summed E-state index contributed by atoms with van der Waals surface area (Å²) in [7, 11) is 0. The van der Waals surface area contributed by atoms with Crippen molar-refractivity contribution < 1.29 is 0 Å². The summed E-state index contributed by atoms with van der Waals surface area (Å²) in [6.45, 7) is 2.47. The van der Waals surface area contributed by atoms with Crippen LogP contribution in [0, 0.1) is 23.7 Å². The van der Waals surface area contributed by atoms with Crippen molar-refractivity contribution in [3.63, 3.8) is 0 Å². The van der Waals surface area contributed by atoms with Gasteiger partial charge in [0, 0.05) is 5.39 Å². The molecule has 0 spiro atoms. The van der Waals surface area contributed by atoms with Gasteiger partial charge in [0.05, 0.1) is 10.4 Å². The largest absolute Gasteiger partial charge is 0.196 e. The number of fused-ring (bicyclic) bond motifs is 3. The molecule has 0 aliphatic heterocycles. The van der Waals surface area contributed by atoms with Gasteiger partial charge >= 0.3 is 0 Å². The Labute approximate surface area is 119 Å². The Hall–Kier alpha value is -0.890. The van der Waals surface area contributed by atoms with E-state index in [0.29, 0.717) is 0 Å². The quantitative estimate of drug-likeness (QED) is 0.773. The maximum absolute atomic E-state index is 4.69. The van der Waals surface area contributed by atoms with E-state index in [1.54, 1.807) is 11.5 Å². The molecule has 2 bridgehead atoms. The molecule has 0 amide bonds. The standard InChI is InChI=1S/C17H21NS/c1-11-10-12-6-7-13(11)14(12)8-9-16-15-4-2-3-5-17(15)19-18-16/h2-5,11-14H,6-10H2,1H3/t11-,12?,13?,14?/m0/s1. The van der Waals surface area contributed by atoms with Gasteiger partial charge in [-0.2, -0.15) is 4.37 Å². The molecular weight excluding hydrogens is 250 g/mol. The molecule has 2 aliphatic rings. The number of aromatic nitrogens is 1. The molecule has 4 atom stereocenters. The van der Waals surface area contributed by atoms with Gasteiger partial charge in [-0.1, -0.05) is 25.1 Å². The molecular formula is C17H21NS. The molecule has 0 saturated heterocycles. The Morgan fingerprint density at radius 2 is 2.16 bits per heavy atom. The summed E-state index contributed by atoms with van der Waals surface area (Å²) in [5, 5.41) is 1.39. The molecule has 1 aromatic carbocycles. The van der Waals surface area contributed by atoms with Gasteiger partial charge in [0.1, 0.15) is 0 Å². The smallest absolute Gasteiger partial charge is 0.0620 e. The molecule has 0 radical (unpaired) electrons. The SMILES string of the molecule is C[C@H]1CC2CCC1C2CCc1nsc2ccccc12. The van der Waals surface area contributed by atoms with Crippen LogP contribution < -0.4 is 0 Å². The lowest BCUT2D eigenvalue weighted by atomic mass is 9.88. The third-order valence-electron chi connectivity index (χ3n) is 5.60. The lowest BCUT2D eigenvalue weighted by Crippen LogP contribution is -2.10. The molecule has 3 unspecified atom stereocenters. The van der Waals surface area contributed by atoms with Crippen LogP contribution in [-0.4, -0.2) is 4.37 Å². The molecule has 2 fully saturated rings. The van der Waals surface area contributed by atoms with Crippen LogP contribution in [0.3, 0.4) is 0 Å². The zero-order valence-corrected chi connectivity index (χ0v) is 12.3. The van der Waals surface area contributed by atoms with Gasteiger partial charge < -0.3 is 0 Å². The van der Waals surface area contributed by atoms with Gasteiger partial charge in [-0.25, -0.2) is 0 Å². The predicted octanol–water partition coefficient (Wildman–Crippen LogP) is 4.91. The highest BCUT2D eigenvalue weighted by atomic mass is 32.1. The zero-order valence-electron chi connectivity index (χ0n) is 11.5. The van der Waals surface area contributed by atoms with E-state index < -0.39 is 0 Å². The number of benzene rings is 1. The van der Waals surface area contributed by atoms with Crippen molar-refractivity contribution in [1.29, 1.82) is 0 Å². The summed E-state index contributed by atoms with van der Waals surface area (Å²) < 4.78 is 6.03. The molecule has 2 aromatic rings. The maximum Gasteiger partial charge on any atom is 0.0620 e. The minimum atomic E-state index is 0.982. The van der Waals surface area contributed by atoms with Gasteiger partial charge in [0.15, 0.2) is 0 Å². The van der Waals surface area contributed by atoms with Crippen LogP contribution in [0.15, 0.2) is 24.3 Å². The third kappa shape index (κ3) is 1.92. The second-order valence-electron chi connectivity index (χ2n) is 6.54. The van der Waals surface area contributed by atoms with E-state index in [2.05, 4.69) is 35.6 Å². The Morgan fingerprint density at radius 3 is 2.95 bits per heavy atom. The fourth-order valence-electron chi connectivity index (χ4n) is 4.71. The number of hydrogen-bond acceptors (Lipinski definition) is 2. The first-order valence-corrected chi connectivity index (χ1v) is 8.43. The van der Waals surface area contributed by atoms with Gasteiger partial charge in [0.2, 0.25) is 0 Å². The highest BCUT2D eigenvalue weighted by Crippen LogP contribution is 2.54. The van der Waals surface area contributed by atoms with Crippen molar-refractivity contribution >= 4 is 21.6 Å². The fourth-order valence-corrected chi connectivity index (χ4v) is 5.53. The van der Waals surface area contributed by atoms with Crippen LogP contribution in [0.2, 0.25) is 0 Å². The highest BCUT2D eigenvalue weighted by Gasteiger charge is 2.45. The molecule has 1 nitrogen and oxygen atoms in total. The van der Waals surface area contributed by atoms with Crippen molar-refractivity contribution in [2.45, 2.75) is 39.0 Å². The summed E-state index contributed by atoms with van der Waals surface area (Å²) in [5.41, 5.74) is 1.35. The summed E-state index contributed by atoms with van der Waals surface area (Å²) in [6.07, 6.45) is 7.04. The van der Waals surface area contributed by atoms with E-state index in [9.17, 15) is 0 Å². The first-order valence-electron chi connectivity index (χ1n) is 7.66. The fraction of sp³-hybridized carbons (Fsp3) is 0.588. The Kier molecular flexibility index (Phi) is 2.87. The molecule has 100 valence electrons. The second-order valence-corrected chi connectivity index (χ2v) is 7.35. The molecule has 2 saturated carbocycles. The first kappa shape index (κ1) is 11.9. The van der Waals surface area contributed by atoms with Gasteiger partial charge in [0.25, 0.3) is 0 Å². The molecule has 2 heteroatoms. The third-order valence-corrected chi connectivity index (χ3v) is 6.46. The summed E-state index contributed by atoms with van der Waals surface area (Å²) >= 11 is 1.66. The molecule has 1 aromatic heterocycles. The van der Waals surface area contributed by atoms with E-state index in [1.165, 1.54) is 47.9 Å². The average Bonchev–Trinajstić information content (AvgIpc) is 3.08.